The first-order chi connectivity index (χ1) is 11.9. The highest BCUT2D eigenvalue weighted by molar-refractivity contribution is 6.03. The van der Waals surface area contributed by atoms with Crippen LogP contribution >= 0.6 is 0 Å². The Hall–Kier alpha value is -2.56. The number of carbonyl (C=O) groups is 2. The van der Waals surface area contributed by atoms with Crippen LogP contribution < -0.4 is 5.32 Å². The number of hydrogen-bond acceptors (Lipinski definition) is 5. The number of nitrogens with one attached hydrogen (secondary N) is 1. The van der Waals surface area contributed by atoms with Crippen LogP contribution in [0.15, 0.2) is 46.8 Å². The summed E-state index contributed by atoms with van der Waals surface area (Å²) in [7, 11) is 0. The van der Waals surface area contributed by atoms with E-state index < -0.39 is 11.9 Å². The van der Waals surface area contributed by atoms with Crippen molar-refractivity contribution in [1.29, 1.82) is 0 Å². The number of allylic oxidation sites excluding steroid dienone is 3. The lowest BCUT2D eigenvalue weighted by Gasteiger charge is -2.34. The van der Waals surface area contributed by atoms with E-state index in [0.717, 1.165) is 29.8 Å². The average Bonchev–Trinajstić information content (AvgIpc) is 2.53. The van der Waals surface area contributed by atoms with Crippen LogP contribution in [0.3, 0.4) is 0 Å². The third kappa shape index (κ3) is 3.31. The SMILES string of the molecule is CC1=C(C(=O)OC(C)C)C(c2ccc(O)cc2)C2=C(CCCC2=O)N1. The van der Waals surface area contributed by atoms with Crippen molar-refractivity contribution in [2.75, 3.05) is 0 Å². The molecule has 0 fully saturated rings. The van der Waals surface area contributed by atoms with E-state index in [4.69, 9.17) is 4.74 Å². The summed E-state index contributed by atoms with van der Waals surface area (Å²) < 4.78 is 5.43. The third-order valence-corrected chi connectivity index (χ3v) is 4.56. The maximum atomic E-state index is 12.7. The lowest BCUT2D eigenvalue weighted by Crippen LogP contribution is -2.34. The van der Waals surface area contributed by atoms with Crippen molar-refractivity contribution in [1.82, 2.24) is 5.32 Å². The van der Waals surface area contributed by atoms with E-state index in [-0.39, 0.29) is 17.6 Å². The number of rotatable bonds is 3. The predicted molar refractivity (Wildman–Crippen MR) is 93.8 cm³/mol. The Morgan fingerprint density at radius 2 is 1.92 bits per heavy atom. The van der Waals surface area contributed by atoms with Crippen molar-refractivity contribution in [3.63, 3.8) is 0 Å². The maximum Gasteiger partial charge on any atom is 0.337 e. The van der Waals surface area contributed by atoms with Crippen LogP contribution in [0.2, 0.25) is 0 Å². The fourth-order valence-corrected chi connectivity index (χ4v) is 3.53. The van der Waals surface area contributed by atoms with Gasteiger partial charge in [-0.3, -0.25) is 4.79 Å². The number of ether oxygens (including phenoxy) is 1. The molecule has 1 aromatic rings. The largest absolute Gasteiger partial charge is 0.508 e. The van der Waals surface area contributed by atoms with E-state index in [2.05, 4.69) is 5.32 Å². The lowest BCUT2D eigenvalue weighted by molar-refractivity contribution is -0.143. The average molecular weight is 341 g/mol. The van der Waals surface area contributed by atoms with Gasteiger partial charge in [0, 0.05) is 29.3 Å². The minimum absolute atomic E-state index is 0.0640. The maximum absolute atomic E-state index is 12.7. The van der Waals surface area contributed by atoms with Crippen molar-refractivity contribution in [2.45, 2.75) is 52.1 Å². The molecule has 0 saturated heterocycles. The van der Waals surface area contributed by atoms with Crippen LogP contribution in [0.5, 0.6) is 5.75 Å². The minimum Gasteiger partial charge on any atom is -0.508 e. The number of esters is 1. The van der Waals surface area contributed by atoms with E-state index >= 15 is 0 Å². The van der Waals surface area contributed by atoms with Crippen LogP contribution in [0.25, 0.3) is 0 Å². The second-order valence-corrected chi connectivity index (χ2v) is 6.81. The van der Waals surface area contributed by atoms with Crippen molar-refractivity contribution < 1.29 is 19.4 Å². The highest BCUT2D eigenvalue weighted by Gasteiger charge is 2.39. The first-order valence-corrected chi connectivity index (χ1v) is 8.62. The summed E-state index contributed by atoms with van der Waals surface area (Å²) in [6.07, 6.45) is 1.84. The molecule has 5 nitrogen and oxygen atoms in total. The molecule has 1 aromatic carbocycles. The highest BCUT2D eigenvalue weighted by atomic mass is 16.5. The summed E-state index contributed by atoms with van der Waals surface area (Å²) in [4.78, 5) is 25.4. The van der Waals surface area contributed by atoms with Crippen LogP contribution in [0.1, 0.15) is 51.5 Å². The quantitative estimate of drug-likeness (QED) is 0.825. The van der Waals surface area contributed by atoms with Gasteiger partial charge in [-0.15, -0.1) is 0 Å². The van der Waals surface area contributed by atoms with Gasteiger partial charge in [0.05, 0.1) is 11.7 Å². The Morgan fingerprint density at radius 1 is 1.24 bits per heavy atom. The Labute approximate surface area is 147 Å². The summed E-state index contributed by atoms with van der Waals surface area (Å²) in [6.45, 7) is 5.44. The molecule has 2 aliphatic rings. The van der Waals surface area contributed by atoms with Gasteiger partial charge in [0.1, 0.15) is 5.75 Å². The van der Waals surface area contributed by atoms with Crippen LogP contribution in [0.4, 0.5) is 0 Å². The number of aromatic hydroxyl groups is 1. The molecule has 0 spiro atoms. The van der Waals surface area contributed by atoms with Crippen molar-refractivity contribution in [2.24, 2.45) is 0 Å². The summed E-state index contributed by atoms with van der Waals surface area (Å²) >= 11 is 0. The Bertz CT molecular complexity index is 771. The van der Waals surface area contributed by atoms with Gasteiger partial charge in [0.2, 0.25) is 0 Å². The molecular weight excluding hydrogens is 318 g/mol. The van der Waals surface area contributed by atoms with Gasteiger partial charge in [-0.05, 0) is 51.3 Å². The van der Waals surface area contributed by atoms with Gasteiger partial charge in [-0.25, -0.2) is 4.79 Å². The summed E-state index contributed by atoms with van der Waals surface area (Å²) in [6, 6.07) is 6.67. The zero-order valence-electron chi connectivity index (χ0n) is 14.8. The molecule has 132 valence electrons. The van der Waals surface area contributed by atoms with E-state index in [1.807, 2.05) is 6.92 Å². The van der Waals surface area contributed by atoms with Crippen molar-refractivity contribution in [3.05, 3.63) is 52.4 Å². The van der Waals surface area contributed by atoms with Gasteiger partial charge < -0.3 is 15.2 Å². The van der Waals surface area contributed by atoms with Crippen molar-refractivity contribution in [3.8, 4) is 5.75 Å². The smallest absolute Gasteiger partial charge is 0.337 e. The van der Waals surface area contributed by atoms with E-state index in [0.29, 0.717) is 17.6 Å². The Kier molecular flexibility index (Phi) is 4.66. The fourth-order valence-electron chi connectivity index (χ4n) is 3.53. The van der Waals surface area contributed by atoms with Gasteiger partial charge in [0.25, 0.3) is 0 Å². The number of phenolic OH excluding ortho intramolecular Hbond substituents is 1. The van der Waals surface area contributed by atoms with Crippen LogP contribution in [-0.2, 0) is 14.3 Å². The molecule has 2 N–H and O–H groups in total. The first kappa shape index (κ1) is 17.3. The van der Waals surface area contributed by atoms with Crippen LogP contribution in [0, 0.1) is 0 Å². The number of Topliss-reactive ketones (excluding diaryl/α,β-unsaturated/α-hetero) is 1. The van der Waals surface area contributed by atoms with Gasteiger partial charge in [0.15, 0.2) is 5.78 Å². The molecule has 25 heavy (non-hydrogen) atoms. The summed E-state index contributed by atoms with van der Waals surface area (Å²) in [5, 5.41) is 12.8. The Morgan fingerprint density at radius 3 is 2.56 bits per heavy atom. The molecule has 1 atom stereocenters. The third-order valence-electron chi connectivity index (χ3n) is 4.56. The number of ketones is 1. The molecular formula is C20H23NO4. The lowest BCUT2D eigenvalue weighted by atomic mass is 9.75. The van der Waals surface area contributed by atoms with Crippen LogP contribution in [-0.4, -0.2) is 23.0 Å². The standard InChI is InChI=1S/C20H23NO4/c1-11(2)25-20(24)17-12(3)21-15-5-4-6-16(23)19(15)18(17)13-7-9-14(22)10-8-13/h7-11,18,21-22H,4-6H2,1-3H3. The summed E-state index contributed by atoms with van der Waals surface area (Å²) in [5.41, 5.74) is 3.54. The number of carbonyl (C=O) groups excluding carboxylic acids is 2. The highest BCUT2D eigenvalue weighted by Crippen LogP contribution is 2.42. The Balaban J connectivity index is 2.13. The molecule has 3 rings (SSSR count). The molecule has 1 heterocycles. The number of phenols is 1. The molecule has 0 aromatic heterocycles. The van der Waals surface area contributed by atoms with Gasteiger partial charge in [-0.2, -0.15) is 0 Å². The van der Waals surface area contributed by atoms with E-state index in [1.165, 1.54) is 0 Å². The molecule has 1 aliphatic heterocycles. The second-order valence-electron chi connectivity index (χ2n) is 6.81. The van der Waals surface area contributed by atoms with Crippen molar-refractivity contribution >= 4 is 11.8 Å². The minimum atomic E-state index is -0.462. The number of dihydropyridines is 1. The monoisotopic (exact) mass is 341 g/mol. The van der Waals surface area contributed by atoms with Gasteiger partial charge >= 0.3 is 5.97 Å². The number of hydrogen-bond donors (Lipinski definition) is 2. The fraction of sp³-hybridized carbons (Fsp3) is 0.400. The second kappa shape index (κ2) is 6.75. The summed E-state index contributed by atoms with van der Waals surface area (Å²) in [5.74, 6) is -0.665. The van der Waals surface area contributed by atoms with E-state index in [1.54, 1.807) is 38.1 Å². The first-order valence-electron chi connectivity index (χ1n) is 8.62. The molecule has 1 aliphatic carbocycles. The molecule has 1 unspecified atom stereocenters. The van der Waals surface area contributed by atoms with E-state index in [9.17, 15) is 14.7 Å². The molecule has 0 amide bonds. The molecule has 0 radical (unpaired) electrons. The zero-order chi connectivity index (χ0) is 18.1. The number of benzene rings is 1. The zero-order valence-corrected chi connectivity index (χ0v) is 14.8. The molecule has 5 heteroatoms. The molecule has 0 bridgehead atoms. The normalized spacial score (nSPS) is 20.5. The topological polar surface area (TPSA) is 75.6 Å². The predicted octanol–water partition coefficient (Wildman–Crippen LogP) is 3.31. The van der Waals surface area contributed by atoms with Gasteiger partial charge in [-0.1, -0.05) is 12.1 Å². The molecule has 0 saturated carbocycles.